The quantitative estimate of drug-likeness (QED) is 0.889. The average molecular weight is 332 g/mol. The van der Waals surface area contributed by atoms with Gasteiger partial charge in [0, 0.05) is 30.6 Å². The third-order valence-corrected chi connectivity index (χ3v) is 5.54. The van der Waals surface area contributed by atoms with Gasteiger partial charge in [0.15, 0.2) is 0 Å². The number of nitrogens with zero attached hydrogens (tertiary/aromatic N) is 1. The number of nitrogens with one attached hydrogen (secondary N) is 1. The molecule has 2 heterocycles. The highest BCUT2D eigenvalue weighted by atomic mass is 16.5. The largest absolute Gasteiger partial charge is 0.385 e. The summed E-state index contributed by atoms with van der Waals surface area (Å²) in [5.74, 6) is 0.0984. The smallest absolute Gasteiger partial charge is 0.225 e. The minimum atomic E-state index is -0.810. The zero-order valence-electron chi connectivity index (χ0n) is 14.4. The monoisotopic (exact) mass is 332 g/mol. The van der Waals surface area contributed by atoms with Gasteiger partial charge in [0.25, 0.3) is 0 Å². The zero-order valence-corrected chi connectivity index (χ0v) is 14.4. The number of hydrogen-bond donors (Lipinski definition) is 2. The van der Waals surface area contributed by atoms with Crippen molar-refractivity contribution in [1.29, 1.82) is 0 Å². The SMILES string of the molecule is CC[C@H]1OCCC[C@H]1C(=O)NC1CCC(O)(c2cccnc2)CC1. The highest BCUT2D eigenvalue weighted by Gasteiger charge is 2.37. The summed E-state index contributed by atoms with van der Waals surface area (Å²) in [5, 5.41) is 14.0. The van der Waals surface area contributed by atoms with E-state index in [1.165, 1.54) is 0 Å². The predicted molar refractivity (Wildman–Crippen MR) is 91.3 cm³/mol. The van der Waals surface area contributed by atoms with Crippen molar-refractivity contribution in [3.05, 3.63) is 30.1 Å². The van der Waals surface area contributed by atoms with Crippen LogP contribution in [0.15, 0.2) is 24.5 Å². The first kappa shape index (κ1) is 17.4. The van der Waals surface area contributed by atoms with E-state index >= 15 is 0 Å². The minimum absolute atomic E-state index is 0.0251. The molecular weight excluding hydrogens is 304 g/mol. The molecule has 1 aromatic rings. The Kier molecular flexibility index (Phi) is 5.51. The van der Waals surface area contributed by atoms with Crippen molar-refractivity contribution in [3.63, 3.8) is 0 Å². The lowest BCUT2D eigenvalue weighted by molar-refractivity contribution is -0.135. The molecule has 1 saturated heterocycles. The Morgan fingerprint density at radius 1 is 1.42 bits per heavy atom. The van der Waals surface area contributed by atoms with Gasteiger partial charge in [-0.2, -0.15) is 0 Å². The number of carbonyl (C=O) groups is 1. The fourth-order valence-electron chi connectivity index (χ4n) is 4.02. The van der Waals surface area contributed by atoms with Crippen LogP contribution in [0.4, 0.5) is 0 Å². The topological polar surface area (TPSA) is 71.5 Å². The number of aliphatic hydroxyl groups is 1. The van der Waals surface area contributed by atoms with Crippen LogP contribution in [0.2, 0.25) is 0 Å². The van der Waals surface area contributed by atoms with Crippen LogP contribution in [-0.2, 0) is 15.1 Å². The van der Waals surface area contributed by atoms with Crippen LogP contribution in [0.5, 0.6) is 0 Å². The maximum Gasteiger partial charge on any atom is 0.225 e. The van der Waals surface area contributed by atoms with Crippen molar-refractivity contribution in [3.8, 4) is 0 Å². The highest BCUT2D eigenvalue weighted by Crippen LogP contribution is 2.37. The van der Waals surface area contributed by atoms with Gasteiger partial charge in [-0.3, -0.25) is 9.78 Å². The minimum Gasteiger partial charge on any atom is -0.385 e. The van der Waals surface area contributed by atoms with Gasteiger partial charge in [-0.25, -0.2) is 0 Å². The molecule has 1 aliphatic heterocycles. The van der Waals surface area contributed by atoms with Gasteiger partial charge < -0.3 is 15.2 Å². The third-order valence-electron chi connectivity index (χ3n) is 5.54. The van der Waals surface area contributed by atoms with Crippen molar-refractivity contribution in [1.82, 2.24) is 10.3 Å². The molecule has 2 atom stereocenters. The standard InChI is InChI=1S/C19H28N2O3/c1-2-17-16(6-4-12-24-17)18(22)21-15-7-9-19(23,10-8-15)14-5-3-11-20-13-14/h3,5,11,13,15-17,23H,2,4,6-10,12H2,1H3,(H,21,22)/t15?,16-,17-,19?/m1/s1. The Morgan fingerprint density at radius 2 is 2.21 bits per heavy atom. The predicted octanol–water partition coefficient (Wildman–Crippen LogP) is 2.53. The number of pyridine rings is 1. The average Bonchev–Trinajstić information content (AvgIpc) is 2.64. The van der Waals surface area contributed by atoms with Crippen LogP contribution in [0.3, 0.4) is 0 Å². The molecule has 1 aromatic heterocycles. The van der Waals surface area contributed by atoms with Gasteiger partial charge in [-0.1, -0.05) is 13.0 Å². The second-order valence-electron chi connectivity index (χ2n) is 7.12. The molecule has 5 nitrogen and oxygen atoms in total. The molecule has 5 heteroatoms. The second kappa shape index (κ2) is 7.62. The van der Waals surface area contributed by atoms with Gasteiger partial charge in [0.2, 0.25) is 5.91 Å². The van der Waals surface area contributed by atoms with Crippen LogP contribution in [0, 0.1) is 5.92 Å². The van der Waals surface area contributed by atoms with E-state index in [2.05, 4.69) is 17.2 Å². The first-order valence-corrected chi connectivity index (χ1v) is 9.17. The highest BCUT2D eigenvalue weighted by molar-refractivity contribution is 5.79. The molecule has 0 bridgehead atoms. The number of aromatic nitrogens is 1. The summed E-state index contributed by atoms with van der Waals surface area (Å²) >= 11 is 0. The maximum atomic E-state index is 12.6. The molecule has 0 spiro atoms. The lowest BCUT2D eigenvalue weighted by Gasteiger charge is -2.37. The molecule has 132 valence electrons. The Labute approximate surface area is 143 Å². The molecule has 2 aliphatic rings. The van der Waals surface area contributed by atoms with Gasteiger partial charge in [-0.05, 0) is 51.0 Å². The summed E-state index contributed by atoms with van der Waals surface area (Å²) in [6.07, 6.45) is 9.15. The Morgan fingerprint density at radius 3 is 2.88 bits per heavy atom. The molecule has 1 aliphatic carbocycles. The lowest BCUT2D eigenvalue weighted by Crippen LogP contribution is -2.47. The summed E-state index contributed by atoms with van der Waals surface area (Å²) in [5.41, 5.74) is 0.0663. The molecule has 1 amide bonds. The number of amides is 1. The van der Waals surface area contributed by atoms with E-state index in [0.29, 0.717) is 12.8 Å². The van der Waals surface area contributed by atoms with E-state index in [0.717, 1.165) is 44.3 Å². The fourth-order valence-corrected chi connectivity index (χ4v) is 4.02. The van der Waals surface area contributed by atoms with Crippen LogP contribution < -0.4 is 5.32 Å². The molecule has 1 saturated carbocycles. The first-order chi connectivity index (χ1) is 11.6. The fraction of sp³-hybridized carbons (Fsp3) is 0.684. The number of rotatable bonds is 4. The van der Waals surface area contributed by atoms with Crippen molar-refractivity contribution in [2.75, 3.05) is 6.61 Å². The summed E-state index contributed by atoms with van der Waals surface area (Å²) < 4.78 is 5.73. The maximum absolute atomic E-state index is 12.6. The van der Waals surface area contributed by atoms with Crippen LogP contribution in [0.25, 0.3) is 0 Å². The van der Waals surface area contributed by atoms with E-state index in [1.807, 2.05) is 12.1 Å². The Balaban J connectivity index is 1.54. The summed E-state index contributed by atoms with van der Waals surface area (Å²) in [4.78, 5) is 16.7. The molecule has 24 heavy (non-hydrogen) atoms. The number of hydrogen-bond acceptors (Lipinski definition) is 4. The van der Waals surface area contributed by atoms with E-state index < -0.39 is 5.60 Å². The molecular formula is C19H28N2O3. The summed E-state index contributed by atoms with van der Waals surface area (Å²) in [6, 6.07) is 3.93. The van der Waals surface area contributed by atoms with E-state index in [4.69, 9.17) is 4.74 Å². The summed E-state index contributed by atoms with van der Waals surface area (Å²) in [6.45, 7) is 2.84. The number of ether oxygens (including phenoxy) is 1. The molecule has 0 unspecified atom stereocenters. The number of carbonyl (C=O) groups excluding carboxylic acids is 1. The Bertz CT molecular complexity index is 541. The van der Waals surface area contributed by atoms with Crippen LogP contribution in [-0.4, -0.2) is 34.8 Å². The van der Waals surface area contributed by atoms with E-state index in [1.54, 1.807) is 12.4 Å². The van der Waals surface area contributed by atoms with E-state index in [-0.39, 0.29) is 24.0 Å². The van der Waals surface area contributed by atoms with Crippen LogP contribution in [0.1, 0.15) is 57.4 Å². The third kappa shape index (κ3) is 3.78. The van der Waals surface area contributed by atoms with Crippen molar-refractivity contribution < 1.29 is 14.6 Å². The second-order valence-corrected chi connectivity index (χ2v) is 7.12. The van der Waals surface area contributed by atoms with Gasteiger partial charge >= 0.3 is 0 Å². The van der Waals surface area contributed by atoms with Gasteiger partial charge in [0.1, 0.15) is 0 Å². The molecule has 0 radical (unpaired) electrons. The molecule has 0 aromatic carbocycles. The van der Waals surface area contributed by atoms with Gasteiger partial charge in [0.05, 0.1) is 17.6 Å². The lowest BCUT2D eigenvalue weighted by atomic mass is 9.78. The van der Waals surface area contributed by atoms with Crippen molar-refractivity contribution in [2.45, 2.75) is 69.6 Å². The molecule has 2 fully saturated rings. The van der Waals surface area contributed by atoms with Gasteiger partial charge in [-0.15, -0.1) is 0 Å². The first-order valence-electron chi connectivity index (χ1n) is 9.17. The van der Waals surface area contributed by atoms with E-state index in [9.17, 15) is 9.90 Å². The summed E-state index contributed by atoms with van der Waals surface area (Å²) in [7, 11) is 0. The van der Waals surface area contributed by atoms with Crippen molar-refractivity contribution in [2.24, 2.45) is 5.92 Å². The zero-order chi connectivity index (χ0) is 17.0. The Hall–Kier alpha value is -1.46. The normalized spacial score (nSPS) is 33.8. The molecule has 3 rings (SSSR count). The molecule has 2 N–H and O–H groups in total. The van der Waals surface area contributed by atoms with Crippen LogP contribution >= 0.6 is 0 Å². The van der Waals surface area contributed by atoms with Crippen molar-refractivity contribution >= 4 is 5.91 Å².